The van der Waals surface area contributed by atoms with Crippen molar-refractivity contribution in [2.75, 3.05) is 39.1 Å². The smallest absolute Gasteiger partial charge is 0.326 e. The molecule has 2 heterocycles. The third-order valence-electron chi connectivity index (χ3n) is 11.2. The van der Waals surface area contributed by atoms with Crippen molar-refractivity contribution in [1.29, 1.82) is 0 Å². The van der Waals surface area contributed by atoms with Crippen LogP contribution in [0.25, 0.3) is 22.5 Å². The van der Waals surface area contributed by atoms with Gasteiger partial charge in [-0.1, -0.05) is 57.2 Å². The van der Waals surface area contributed by atoms with Crippen molar-refractivity contribution in [3.05, 3.63) is 95.2 Å². The van der Waals surface area contributed by atoms with Crippen LogP contribution in [0.3, 0.4) is 0 Å². The van der Waals surface area contributed by atoms with Crippen LogP contribution in [0.15, 0.2) is 67.3 Å². The van der Waals surface area contributed by atoms with E-state index in [0.717, 1.165) is 16.9 Å². The average Bonchev–Trinajstić information content (AvgIpc) is 3.26. The first-order chi connectivity index (χ1) is 31.7. The van der Waals surface area contributed by atoms with Gasteiger partial charge in [0.2, 0.25) is 17.7 Å². The molecule has 4 amide bonds. The fourth-order valence-corrected chi connectivity index (χ4v) is 7.63. The highest BCUT2D eigenvalue weighted by atomic mass is 16.5. The number of hydrogen-bond acceptors (Lipinski definition) is 13. The summed E-state index contributed by atoms with van der Waals surface area (Å²) in [4.78, 5) is 79.0. The van der Waals surface area contributed by atoms with E-state index in [1.54, 1.807) is 31.2 Å². The first-order valence-corrected chi connectivity index (χ1v) is 22.1. The van der Waals surface area contributed by atoms with E-state index >= 15 is 0 Å². The molecule has 1 aromatic heterocycles. The van der Waals surface area contributed by atoms with Gasteiger partial charge in [0.15, 0.2) is 17.3 Å². The molecule has 67 heavy (non-hydrogen) atoms. The van der Waals surface area contributed by atoms with Gasteiger partial charge < -0.3 is 57.7 Å². The van der Waals surface area contributed by atoms with Crippen LogP contribution in [0, 0.1) is 18.3 Å². The zero-order valence-electron chi connectivity index (χ0n) is 39.1. The predicted octanol–water partition coefficient (Wildman–Crippen LogP) is 3.81. The summed E-state index contributed by atoms with van der Waals surface area (Å²) in [5, 5.41) is 29.9. The number of phenols is 1. The number of carboxylic acid groups (broad SMARTS) is 1. The van der Waals surface area contributed by atoms with E-state index in [4.69, 9.17) is 26.7 Å². The number of aromatic hydroxyl groups is 1. The Kier molecular flexibility index (Phi) is 16.7. The summed E-state index contributed by atoms with van der Waals surface area (Å²) in [6.07, 6.45) is 2.78. The van der Waals surface area contributed by atoms with Crippen LogP contribution in [-0.2, 0) is 32.0 Å². The van der Waals surface area contributed by atoms with Crippen molar-refractivity contribution in [2.45, 2.75) is 85.0 Å². The summed E-state index contributed by atoms with van der Waals surface area (Å²) >= 11 is 0. The lowest BCUT2D eigenvalue weighted by Gasteiger charge is -2.32. The van der Waals surface area contributed by atoms with E-state index in [1.807, 2.05) is 24.3 Å². The Labute approximate surface area is 390 Å². The zero-order chi connectivity index (χ0) is 49.3. The molecular weight excluding hydrogens is 859 g/mol. The quantitative estimate of drug-likeness (QED) is 0.0586. The molecular formula is C49H63N9O9. The molecule has 0 saturated carbocycles. The number of ether oxygens (including phenoxy) is 2. The lowest BCUT2D eigenvalue weighted by Crippen LogP contribution is -2.54. The number of hydrogen-bond donors (Lipinski definition) is 8. The van der Waals surface area contributed by atoms with Crippen molar-refractivity contribution in [1.82, 2.24) is 30.8 Å². The summed E-state index contributed by atoms with van der Waals surface area (Å²) in [6.45, 7) is 15.3. The molecule has 0 fully saturated rings. The minimum Gasteiger partial charge on any atom is -0.504 e. The first-order valence-electron chi connectivity index (χ1n) is 22.1. The number of phenolic OH excluding ortho intramolecular Hbond substituents is 1. The summed E-state index contributed by atoms with van der Waals surface area (Å²) < 4.78 is 12.3. The number of amides is 4. The number of aryl methyl sites for hydroxylation is 1. The standard InChI is InChI=1S/C49H63N9O9/c1-9-29(24-51)25-67-38-22-33-21-35(41(38)59)34-19-31(13-16-37(34)66-18-10-17-50)20-36(48(64)65)56-44(60)27(3)54-46(62)40(33)58(8)47(63)28(4)55-45(61)39-26(2)53-43(57-42(39)52)32-14-11-30(12-15-32)23-49(5,6)7/h9,11-16,19,21-22,27-29,36,40,59H,1,10,17-18,20,23-25,50-51H2,2-8H3,(H,54,62)(H,55,61)(H,56,60)(H,64,65)(H2,52,53,57)/t27-,28-,29+,36-,40-/m0/s1. The maximum absolute atomic E-state index is 14.6. The molecule has 3 aromatic carbocycles. The van der Waals surface area contributed by atoms with Crippen LogP contribution in [0.1, 0.15) is 79.8 Å². The predicted molar refractivity (Wildman–Crippen MR) is 254 cm³/mol. The Morgan fingerprint density at radius 1 is 1.00 bits per heavy atom. The summed E-state index contributed by atoms with van der Waals surface area (Å²) in [5.74, 6) is -4.80. The van der Waals surface area contributed by atoms with Crippen molar-refractivity contribution < 1.29 is 43.7 Å². The van der Waals surface area contributed by atoms with Crippen LogP contribution in [0.4, 0.5) is 5.82 Å². The molecule has 18 heteroatoms. The number of fused-ring (bicyclic) bond motifs is 5. The highest BCUT2D eigenvalue weighted by Gasteiger charge is 2.36. The van der Waals surface area contributed by atoms with Gasteiger partial charge in [0.1, 0.15) is 41.3 Å². The second-order valence-electron chi connectivity index (χ2n) is 18.0. The largest absolute Gasteiger partial charge is 0.504 e. The Balaban J connectivity index is 1.57. The van der Waals surface area contributed by atoms with Crippen molar-refractivity contribution >= 4 is 35.4 Å². The second-order valence-corrected chi connectivity index (χ2v) is 18.0. The first kappa shape index (κ1) is 50.9. The second kappa shape index (κ2) is 22.0. The van der Waals surface area contributed by atoms with Gasteiger partial charge in [-0.05, 0) is 86.5 Å². The molecule has 4 bridgehead atoms. The molecule has 11 N–H and O–H groups in total. The number of rotatable bonds is 16. The van der Waals surface area contributed by atoms with E-state index in [1.165, 1.54) is 33.0 Å². The summed E-state index contributed by atoms with van der Waals surface area (Å²) in [5.41, 5.74) is 21.2. The van der Waals surface area contributed by atoms with E-state index in [0.29, 0.717) is 29.9 Å². The number of nitrogen functional groups attached to an aromatic ring is 1. The van der Waals surface area contributed by atoms with Crippen molar-refractivity contribution in [3.8, 4) is 39.8 Å². The number of carboxylic acids is 1. The maximum atomic E-state index is 14.6. The number of aliphatic carboxylic acids is 1. The molecule has 0 saturated heterocycles. The third-order valence-corrected chi connectivity index (χ3v) is 11.2. The van der Waals surface area contributed by atoms with E-state index < -0.39 is 53.8 Å². The highest BCUT2D eigenvalue weighted by Crippen LogP contribution is 2.45. The van der Waals surface area contributed by atoms with Crippen LogP contribution < -0.4 is 42.6 Å². The molecule has 0 spiro atoms. The number of benzene rings is 3. The number of likely N-dealkylation sites (N-methyl/N-ethyl adjacent to an activating group) is 1. The van der Waals surface area contributed by atoms with Gasteiger partial charge in [-0.15, -0.1) is 6.58 Å². The lowest BCUT2D eigenvalue weighted by atomic mass is 9.88. The number of carbonyl (C=O) groups is 5. The Bertz CT molecular complexity index is 2470. The van der Waals surface area contributed by atoms with E-state index in [-0.39, 0.29) is 88.5 Å². The molecule has 0 unspecified atom stereocenters. The normalized spacial score (nSPS) is 17.2. The van der Waals surface area contributed by atoms with Gasteiger partial charge >= 0.3 is 5.97 Å². The molecule has 358 valence electrons. The monoisotopic (exact) mass is 921 g/mol. The SMILES string of the molecule is C=C[C@H](CN)COc1cc2cc(c1O)-c1cc(ccc1OCCCN)C[C@@H](C(=O)O)NC(=O)[C@H](C)NC(=O)[C@H]2N(C)C(=O)[C@H](C)NC(=O)c1c(C)nc(-c2ccc(CC(C)(C)C)cc2)nc1N. The molecule has 5 rings (SSSR count). The lowest BCUT2D eigenvalue weighted by molar-refractivity contribution is -0.143. The molecule has 1 aliphatic rings. The molecule has 0 radical (unpaired) electrons. The van der Waals surface area contributed by atoms with Gasteiger partial charge in [-0.2, -0.15) is 0 Å². The molecule has 4 aromatic rings. The van der Waals surface area contributed by atoms with Crippen LogP contribution in [0.2, 0.25) is 0 Å². The molecule has 1 aliphatic heterocycles. The number of nitrogens with two attached hydrogens (primary N) is 3. The fourth-order valence-electron chi connectivity index (χ4n) is 7.63. The average molecular weight is 922 g/mol. The topological polar surface area (TPSA) is 287 Å². The van der Waals surface area contributed by atoms with Gasteiger partial charge in [-0.3, -0.25) is 19.2 Å². The number of nitrogens with zero attached hydrogens (tertiary/aromatic N) is 3. The highest BCUT2D eigenvalue weighted by molar-refractivity contribution is 6.02. The van der Waals surface area contributed by atoms with Gasteiger partial charge in [0, 0.05) is 42.6 Å². The fraction of sp³-hybridized carbons (Fsp3) is 0.408. The van der Waals surface area contributed by atoms with Crippen LogP contribution in [0.5, 0.6) is 17.2 Å². The number of aromatic nitrogens is 2. The summed E-state index contributed by atoms with van der Waals surface area (Å²) in [6, 6.07) is 9.95. The van der Waals surface area contributed by atoms with Gasteiger partial charge in [0.25, 0.3) is 5.91 Å². The van der Waals surface area contributed by atoms with Crippen molar-refractivity contribution in [2.24, 2.45) is 22.8 Å². The van der Waals surface area contributed by atoms with Gasteiger partial charge in [0.05, 0.1) is 18.9 Å². The van der Waals surface area contributed by atoms with Crippen LogP contribution >= 0.6 is 0 Å². The molecule has 0 aliphatic carbocycles. The third kappa shape index (κ3) is 12.6. The molecule has 18 nitrogen and oxygen atoms in total. The number of nitrogens with one attached hydrogen (secondary N) is 3. The Morgan fingerprint density at radius 2 is 1.70 bits per heavy atom. The number of carbonyl (C=O) groups excluding carboxylic acids is 4. The molecule has 5 atom stereocenters. The maximum Gasteiger partial charge on any atom is 0.326 e. The van der Waals surface area contributed by atoms with E-state index in [2.05, 4.69) is 53.3 Å². The zero-order valence-corrected chi connectivity index (χ0v) is 39.1. The minimum atomic E-state index is -1.55. The van der Waals surface area contributed by atoms with Crippen LogP contribution in [-0.4, -0.2) is 106 Å². The Hall–Kier alpha value is -7.05. The minimum absolute atomic E-state index is 0.0283. The van der Waals surface area contributed by atoms with Crippen molar-refractivity contribution in [3.63, 3.8) is 0 Å². The van der Waals surface area contributed by atoms with E-state index in [9.17, 15) is 34.2 Å². The summed E-state index contributed by atoms with van der Waals surface area (Å²) in [7, 11) is 1.34. The Morgan fingerprint density at radius 3 is 2.31 bits per heavy atom. The number of anilines is 1. The van der Waals surface area contributed by atoms with Gasteiger partial charge in [-0.25, -0.2) is 14.8 Å².